The van der Waals surface area contributed by atoms with Crippen molar-refractivity contribution < 1.29 is 8.42 Å². The topological polar surface area (TPSA) is 49.4 Å². The van der Waals surface area contributed by atoms with E-state index in [9.17, 15) is 8.42 Å². The molecule has 2 atom stereocenters. The van der Waals surface area contributed by atoms with E-state index in [0.717, 1.165) is 18.4 Å². The Morgan fingerprint density at radius 2 is 1.76 bits per heavy atom. The number of nitrogens with one attached hydrogen (secondary N) is 1. The molecular weight excluding hydrogens is 284 g/mol. The van der Waals surface area contributed by atoms with E-state index in [0.29, 0.717) is 18.5 Å². The lowest BCUT2D eigenvalue weighted by atomic mass is 10.0. The molecule has 1 aromatic rings. The molecule has 0 aliphatic carbocycles. The molecule has 3 rings (SSSR count). The van der Waals surface area contributed by atoms with Gasteiger partial charge in [-0.25, -0.2) is 12.7 Å². The molecule has 2 heterocycles. The molecule has 2 fully saturated rings. The van der Waals surface area contributed by atoms with Crippen LogP contribution < -0.4 is 5.32 Å². The number of hydrogen-bond acceptors (Lipinski definition) is 3. The molecule has 4 nitrogen and oxygen atoms in total. The Hall–Kier alpha value is -0.910. The third-order valence-electron chi connectivity index (χ3n) is 4.89. The molecule has 116 valence electrons. The second kappa shape index (κ2) is 6.07. The second-order valence-electron chi connectivity index (χ2n) is 6.33. The Kier molecular flexibility index (Phi) is 4.33. The molecule has 0 amide bonds. The van der Waals surface area contributed by atoms with Crippen molar-refractivity contribution in [2.75, 3.05) is 12.8 Å². The molecule has 2 unspecified atom stereocenters. The molecule has 21 heavy (non-hydrogen) atoms. The van der Waals surface area contributed by atoms with Crippen LogP contribution >= 0.6 is 0 Å². The lowest BCUT2D eigenvalue weighted by Gasteiger charge is -2.34. The van der Waals surface area contributed by atoms with E-state index in [-0.39, 0.29) is 11.8 Å². The normalized spacial score (nSPS) is 29.0. The van der Waals surface area contributed by atoms with E-state index in [1.165, 1.54) is 12.8 Å². The molecule has 2 saturated heterocycles. The SMILES string of the molecule is CN(C1CC2CCC(C1)N2)S(=O)(=O)CCc1ccccc1. The molecule has 0 saturated carbocycles. The van der Waals surface area contributed by atoms with E-state index in [4.69, 9.17) is 0 Å². The molecule has 1 N–H and O–H groups in total. The molecule has 0 spiro atoms. The fourth-order valence-corrected chi connectivity index (χ4v) is 4.99. The molecule has 2 aliphatic heterocycles. The number of piperidine rings is 1. The standard InChI is InChI=1S/C16H24N2O2S/c1-18(16-11-14-7-8-15(12-16)17-14)21(19,20)10-9-13-5-3-2-4-6-13/h2-6,14-17H,7-12H2,1H3. The van der Waals surface area contributed by atoms with Gasteiger partial charge in [0.2, 0.25) is 10.0 Å². The number of sulfonamides is 1. The van der Waals surface area contributed by atoms with E-state index in [1.54, 1.807) is 11.4 Å². The summed E-state index contributed by atoms with van der Waals surface area (Å²) in [6.07, 6.45) is 4.89. The van der Waals surface area contributed by atoms with Gasteiger partial charge < -0.3 is 5.32 Å². The van der Waals surface area contributed by atoms with Crippen LogP contribution in [0.25, 0.3) is 0 Å². The van der Waals surface area contributed by atoms with Crippen LogP contribution in [0.5, 0.6) is 0 Å². The van der Waals surface area contributed by atoms with Crippen LogP contribution in [0.1, 0.15) is 31.2 Å². The molecule has 0 radical (unpaired) electrons. The Labute approximate surface area is 127 Å². The van der Waals surface area contributed by atoms with E-state index in [1.807, 2.05) is 30.3 Å². The first-order chi connectivity index (χ1) is 10.0. The minimum atomic E-state index is -3.17. The highest BCUT2D eigenvalue weighted by molar-refractivity contribution is 7.89. The number of nitrogens with zero attached hydrogens (tertiary/aromatic N) is 1. The highest BCUT2D eigenvalue weighted by Crippen LogP contribution is 2.30. The summed E-state index contributed by atoms with van der Waals surface area (Å²) in [6, 6.07) is 11.0. The maximum atomic E-state index is 12.5. The zero-order chi connectivity index (χ0) is 14.9. The van der Waals surface area contributed by atoms with Gasteiger partial charge in [0.15, 0.2) is 0 Å². The van der Waals surface area contributed by atoms with Gasteiger partial charge in [-0.15, -0.1) is 0 Å². The van der Waals surface area contributed by atoms with Crippen LogP contribution in [0.3, 0.4) is 0 Å². The minimum absolute atomic E-state index is 0.171. The quantitative estimate of drug-likeness (QED) is 0.902. The average Bonchev–Trinajstić information content (AvgIpc) is 2.84. The number of benzene rings is 1. The Morgan fingerprint density at radius 3 is 2.38 bits per heavy atom. The summed E-state index contributed by atoms with van der Waals surface area (Å²) < 4.78 is 26.7. The lowest BCUT2D eigenvalue weighted by Crippen LogP contribution is -2.49. The third kappa shape index (κ3) is 3.47. The number of hydrogen-bond donors (Lipinski definition) is 1. The predicted octanol–water partition coefficient (Wildman–Crippen LogP) is 1.77. The van der Waals surface area contributed by atoms with Gasteiger partial charge in [0, 0.05) is 25.2 Å². The maximum absolute atomic E-state index is 12.5. The summed E-state index contributed by atoms with van der Waals surface area (Å²) in [4.78, 5) is 0. The zero-order valence-electron chi connectivity index (χ0n) is 12.5. The predicted molar refractivity (Wildman–Crippen MR) is 84.7 cm³/mol. The summed E-state index contributed by atoms with van der Waals surface area (Å²) in [5, 5.41) is 3.56. The van der Waals surface area contributed by atoms with Crippen molar-refractivity contribution in [1.82, 2.24) is 9.62 Å². The monoisotopic (exact) mass is 308 g/mol. The van der Waals surface area contributed by atoms with Crippen LogP contribution in [-0.4, -0.2) is 43.6 Å². The van der Waals surface area contributed by atoms with Crippen molar-refractivity contribution in [3.8, 4) is 0 Å². The van der Waals surface area contributed by atoms with Gasteiger partial charge in [-0.2, -0.15) is 0 Å². The van der Waals surface area contributed by atoms with Crippen LogP contribution in [0.2, 0.25) is 0 Å². The van der Waals surface area contributed by atoms with Crippen LogP contribution in [0.4, 0.5) is 0 Å². The number of rotatable bonds is 5. The van der Waals surface area contributed by atoms with Crippen LogP contribution in [-0.2, 0) is 16.4 Å². The summed E-state index contributed by atoms with van der Waals surface area (Å²) in [6.45, 7) is 0. The fourth-order valence-electron chi connectivity index (χ4n) is 3.59. The minimum Gasteiger partial charge on any atom is -0.311 e. The van der Waals surface area contributed by atoms with E-state index < -0.39 is 10.0 Å². The molecule has 2 aliphatic rings. The van der Waals surface area contributed by atoms with Gasteiger partial charge in [-0.3, -0.25) is 0 Å². The van der Waals surface area contributed by atoms with Gasteiger partial charge in [0.05, 0.1) is 5.75 Å². The van der Waals surface area contributed by atoms with Crippen molar-refractivity contribution in [3.63, 3.8) is 0 Å². The van der Waals surface area contributed by atoms with E-state index >= 15 is 0 Å². The van der Waals surface area contributed by atoms with Crippen molar-refractivity contribution in [1.29, 1.82) is 0 Å². The molecule has 1 aromatic carbocycles. The van der Waals surface area contributed by atoms with Crippen LogP contribution in [0, 0.1) is 0 Å². The van der Waals surface area contributed by atoms with Gasteiger partial charge in [0.25, 0.3) is 0 Å². The first-order valence-corrected chi connectivity index (χ1v) is 9.41. The Balaban J connectivity index is 1.61. The smallest absolute Gasteiger partial charge is 0.214 e. The highest BCUT2D eigenvalue weighted by atomic mass is 32.2. The van der Waals surface area contributed by atoms with E-state index in [2.05, 4.69) is 5.32 Å². The Morgan fingerprint density at radius 1 is 1.14 bits per heavy atom. The lowest BCUT2D eigenvalue weighted by molar-refractivity contribution is 0.251. The average molecular weight is 308 g/mol. The van der Waals surface area contributed by atoms with Crippen molar-refractivity contribution in [3.05, 3.63) is 35.9 Å². The second-order valence-corrected chi connectivity index (χ2v) is 8.48. The highest BCUT2D eigenvalue weighted by Gasteiger charge is 2.38. The first-order valence-electron chi connectivity index (χ1n) is 7.80. The zero-order valence-corrected chi connectivity index (χ0v) is 13.3. The van der Waals surface area contributed by atoms with Crippen molar-refractivity contribution in [2.45, 2.75) is 50.2 Å². The summed E-state index contributed by atoms with van der Waals surface area (Å²) in [7, 11) is -1.41. The molecular formula is C16H24N2O2S. The van der Waals surface area contributed by atoms with Gasteiger partial charge in [-0.1, -0.05) is 30.3 Å². The molecule has 0 aromatic heterocycles. The van der Waals surface area contributed by atoms with Crippen molar-refractivity contribution in [2.24, 2.45) is 0 Å². The molecule has 2 bridgehead atoms. The first kappa shape index (κ1) is 15.0. The Bertz CT molecular complexity index is 561. The number of fused-ring (bicyclic) bond motifs is 2. The summed E-state index contributed by atoms with van der Waals surface area (Å²) >= 11 is 0. The number of aryl methyl sites for hydroxylation is 1. The third-order valence-corrected chi connectivity index (χ3v) is 6.79. The largest absolute Gasteiger partial charge is 0.311 e. The van der Waals surface area contributed by atoms with Gasteiger partial charge >= 0.3 is 0 Å². The van der Waals surface area contributed by atoms with Crippen LogP contribution in [0.15, 0.2) is 30.3 Å². The maximum Gasteiger partial charge on any atom is 0.214 e. The molecule has 5 heteroatoms. The van der Waals surface area contributed by atoms with Crippen molar-refractivity contribution >= 4 is 10.0 Å². The van der Waals surface area contributed by atoms with Gasteiger partial charge in [0.1, 0.15) is 0 Å². The summed E-state index contributed by atoms with van der Waals surface area (Å²) in [5.41, 5.74) is 1.08. The van der Waals surface area contributed by atoms with Gasteiger partial charge in [-0.05, 0) is 37.7 Å². The summed E-state index contributed by atoms with van der Waals surface area (Å²) in [5.74, 6) is 0.201. The fraction of sp³-hybridized carbons (Fsp3) is 0.625.